The van der Waals surface area contributed by atoms with Gasteiger partial charge in [-0.3, -0.25) is 4.68 Å². The van der Waals surface area contributed by atoms with Gasteiger partial charge in [0.1, 0.15) is 0 Å². The second-order valence-corrected chi connectivity index (χ2v) is 5.53. The summed E-state index contributed by atoms with van der Waals surface area (Å²) in [6.07, 6.45) is 5.28. The summed E-state index contributed by atoms with van der Waals surface area (Å²) in [5.41, 5.74) is 3.85. The fraction of sp³-hybridized carbons (Fsp3) is 0.353. The third-order valence-electron chi connectivity index (χ3n) is 3.78. The Bertz CT molecular complexity index is 719. The first kappa shape index (κ1) is 13.0. The molecule has 20 heavy (non-hydrogen) atoms. The molecule has 3 aromatic rings. The zero-order valence-electron chi connectivity index (χ0n) is 12.4. The lowest BCUT2D eigenvalue weighted by atomic mass is 10.1. The zero-order chi connectivity index (χ0) is 14.1. The van der Waals surface area contributed by atoms with Crippen molar-refractivity contribution in [1.82, 2.24) is 14.3 Å². The van der Waals surface area contributed by atoms with Crippen molar-refractivity contribution in [2.24, 2.45) is 0 Å². The van der Waals surface area contributed by atoms with Gasteiger partial charge in [-0.2, -0.15) is 5.10 Å². The fourth-order valence-corrected chi connectivity index (χ4v) is 2.68. The summed E-state index contributed by atoms with van der Waals surface area (Å²) in [4.78, 5) is 0. The summed E-state index contributed by atoms with van der Waals surface area (Å²) < 4.78 is 4.32. The summed E-state index contributed by atoms with van der Waals surface area (Å²) in [6.45, 7) is 7.34. The van der Waals surface area contributed by atoms with E-state index in [9.17, 15) is 0 Å². The Kier molecular flexibility index (Phi) is 3.35. The molecule has 0 radical (unpaired) electrons. The number of aromatic nitrogens is 3. The number of para-hydroxylation sites is 1. The Balaban J connectivity index is 1.97. The SMILES string of the molecule is CCc1cccc2ccn(Cc3ccn(C(C)C)n3)c12. The van der Waals surface area contributed by atoms with E-state index in [0.29, 0.717) is 6.04 Å². The van der Waals surface area contributed by atoms with Gasteiger partial charge in [0.15, 0.2) is 0 Å². The van der Waals surface area contributed by atoms with Gasteiger partial charge in [0.2, 0.25) is 0 Å². The zero-order valence-corrected chi connectivity index (χ0v) is 12.4. The van der Waals surface area contributed by atoms with Crippen molar-refractivity contribution < 1.29 is 0 Å². The summed E-state index contributed by atoms with van der Waals surface area (Å²) in [5, 5.41) is 5.96. The highest BCUT2D eigenvalue weighted by Gasteiger charge is 2.08. The lowest BCUT2D eigenvalue weighted by molar-refractivity contribution is 0.524. The van der Waals surface area contributed by atoms with Crippen LogP contribution in [0.1, 0.15) is 38.1 Å². The van der Waals surface area contributed by atoms with Crippen LogP contribution in [0, 0.1) is 0 Å². The highest BCUT2D eigenvalue weighted by molar-refractivity contribution is 5.83. The molecule has 0 saturated carbocycles. The molecule has 0 atom stereocenters. The van der Waals surface area contributed by atoms with E-state index in [1.807, 2.05) is 4.68 Å². The maximum atomic E-state index is 4.64. The Hall–Kier alpha value is -2.03. The van der Waals surface area contributed by atoms with E-state index in [0.717, 1.165) is 18.7 Å². The van der Waals surface area contributed by atoms with Crippen molar-refractivity contribution in [1.29, 1.82) is 0 Å². The summed E-state index contributed by atoms with van der Waals surface area (Å²) in [7, 11) is 0. The fourth-order valence-electron chi connectivity index (χ4n) is 2.68. The number of aryl methyl sites for hydroxylation is 1. The van der Waals surface area contributed by atoms with Gasteiger partial charge in [-0.15, -0.1) is 0 Å². The molecule has 0 N–H and O–H groups in total. The molecule has 3 nitrogen and oxygen atoms in total. The van der Waals surface area contributed by atoms with Gasteiger partial charge < -0.3 is 4.57 Å². The van der Waals surface area contributed by atoms with Crippen molar-refractivity contribution in [3.05, 3.63) is 54.0 Å². The number of hydrogen-bond donors (Lipinski definition) is 0. The van der Waals surface area contributed by atoms with E-state index in [2.05, 4.69) is 73.2 Å². The molecular weight excluding hydrogens is 246 g/mol. The monoisotopic (exact) mass is 267 g/mol. The van der Waals surface area contributed by atoms with E-state index in [4.69, 9.17) is 0 Å². The normalized spacial score (nSPS) is 11.6. The van der Waals surface area contributed by atoms with Crippen molar-refractivity contribution in [3.8, 4) is 0 Å². The molecule has 3 heteroatoms. The molecule has 0 spiro atoms. The second kappa shape index (κ2) is 5.16. The van der Waals surface area contributed by atoms with Crippen LogP contribution in [0.4, 0.5) is 0 Å². The molecule has 0 amide bonds. The molecule has 0 bridgehead atoms. The van der Waals surface area contributed by atoms with Crippen LogP contribution in [0.3, 0.4) is 0 Å². The summed E-state index contributed by atoms with van der Waals surface area (Å²) >= 11 is 0. The molecule has 0 aliphatic carbocycles. The van der Waals surface area contributed by atoms with Crippen molar-refractivity contribution >= 4 is 10.9 Å². The molecule has 0 unspecified atom stereocenters. The molecule has 2 heterocycles. The van der Waals surface area contributed by atoms with Gasteiger partial charge in [0.05, 0.1) is 17.8 Å². The van der Waals surface area contributed by atoms with Crippen molar-refractivity contribution in [2.75, 3.05) is 0 Å². The maximum absolute atomic E-state index is 4.64. The van der Waals surface area contributed by atoms with Crippen LogP contribution >= 0.6 is 0 Å². The molecule has 3 rings (SSSR count). The number of benzene rings is 1. The Morgan fingerprint density at radius 1 is 1.10 bits per heavy atom. The first-order chi connectivity index (χ1) is 9.69. The molecule has 2 aromatic heterocycles. The third kappa shape index (κ3) is 2.24. The van der Waals surface area contributed by atoms with E-state index in [1.165, 1.54) is 16.5 Å². The van der Waals surface area contributed by atoms with Gasteiger partial charge in [0.25, 0.3) is 0 Å². The summed E-state index contributed by atoms with van der Waals surface area (Å²) in [6, 6.07) is 11.2. The largest absolute Gasteiger partial charge is 0.341 e. The lowest BCUT2D eigenvalue weighted by Gasteiger charge is -2.08. The first-order valence-electron chi connectivity index (χ1n) is 7.29. The predicted molar refractivity (Wildman–Crippen MR) is 83.0 cm³/mol. The molecule has 0 aliphatic heterocycles. The number of fused-ring (bicyclic) bond motifs is 1. The Labute approximate surface area is 119 Å². The summed E-state index contributed by atoms with van der Waals surface area (Å²) in [5.74, 6) is 0. The van der Waals surface area contributed by atoms with Gasteiger partial charge in [0, 0.05) is 18.4 Å². The van der Waals surface area contributed by atoms with E-state index < -0.39 is 0 Å². The third-order valence-corrected chi connectivity index (χ3v) is 3.78. The molecular formula is C17H21N3. The smallest absolute Gasteiger partial charge is 0.0821 e. The second-order valence-electron chi connectivity index (χ2n) is 5.53. The molecule has 0 fully saturated rings. The van der Waals surface area contributed by atoms with Crippen LogP contribution in [-0.2, 0) is 13.0 Å². The van der Waals surface area contributed by atoms with Crippen molar-refractivity contribution in [2.45, 2.75) is 39.8 Å². The van der Waals surface area contributed by atoms with Crippen LogP contribution in [-0.4, -0.2) is 14.3 Å². The highest BCUT2D eigenvalue weighted by atomic mass is 15.3. The number of hydrogen-bond acceptors (Lipinski definition) is 1. The van der Waals surface area contributed by atoms with Crippen LogP contribution in [0.2, 0.25) is 0 Å². The minimum atomic E-state index is 0.413. The van der Waals surface area contributed by atoms with E-state index in [-0.39, 0.29) is 0 Å². The first-order valence-corrected chi connectivity index (χ1v) is 7.29. The van der Waals surface area contributed by atoms with Crippen molar-refractivity contribution in [3.63, 3.8) is 0 Å². The number of rotatable bonds is 4. The van der Waals surface area contributed by atoms with Crippen LogP contribution in [0.5, 0.6) is 0 Å². The predicted octanol–water partition coefficient (Wildman–Crippen LogP) is 4.03. The Morgan fingerprint density at radius 3 is 2.65 bits per heavy atom. The standard InChI is InChI=1S/C17H21N3/c1-4-14-6-5-7-15-8-10-19(17(14)15)12-16-9-11-20(18-16)13(2)3/h5-11,13H,4,12H2,1-3H3. The van der Waals surface area contributed by atoms with Gasteiger partial charge in [-0.05, 0) is 43.4 Å². The number of nitrogens with zero attached hydrogens (tertiary/aromatic N) is 3. The van der Waals surface area contributed by atoms with Gasteiger partial charge >= 0.3 is 0 Å². The molecule has 104 valence electrons. The van der Waals surface area contributed by atoms with E-state index >= 15 is 0 Å². The lowest BCUT2D eigenvalue weighted by Crippen LogP contribution is -2.04. The minimum Gasteiger partial charge on any atom is -0.341 e. The topological polar surface area (TPSA) is 22.8 Å². The molecule has 0 saturated heterocycles. The van der Waals surface area contributed by atoms with E-state index in [1.54, 1.807) is 0 Å². The van der Waals surface area contributed by atoms with Gasteiger partial charge in [-0.1, -0.05) is 25.1 Å². The molecule has 0 aliphatic rings. The highest BCUT2D eigenvalue weighted by Crippen LogP contribution is 2.21. The van der Waals surface area contributed by atoms with Gasteiger partial charge in [-0.25, -0.2) is 0 Å². The average molecular weight is 267 g/mol. The van der Waals surface area contributed by atoms with Crippen LogP contribution in [0.15, 0.2) is 42.7 Å². The minimum absolute atomic E-state index is 0.413. The molecule has 1 aromatic carbocycles. The Morgan fingerprint density at radius 2 is 1.95 bits per heavy atom. The maximum Gasteiger partial charge on any atom is 0.0821 e. The van der Waals surface area contributed by atoms with Crippen LogP contribution in [0.25, 0.3) is 10.9 Å². The average Bonchev–Trinajstić information content (AvgIpc) is 3.06. The quantitative estimate of drug-likeness (QED) is 0.700. The van der Waals surface area contributed by atoms with Crippen LogP contribution < -0.4 is 0 Å².